The van der Waals surface area contributed by atoms with E-state index in [0.29, 0.717) is 19.0 Å². The molecule has 0 heterocycles. The van der Waals surface area contributed by atoms with Gasteiger partial charge >= 0.3 is 0 Å². The maximum atomic E-state index is 12.3. The number of para-hydroxylation sites is 1. The fourth-order valence-electron chi connectivity index (χ4n) is 2.09. The van der Waals surface area contributed by atoms with E-state index in [0.717, 1.165) is 12.2 Å². The second kappa shape index (κ2) is 6.39. The van der Waals surface area contributed by atoms with Crippen LogP contribution in [-0.4, -0.2) is 33.3 Å². The molecule has 5 heteroatoms. The van der Waals surface area contributed by atoms with Gasteiger partial charge in [-0.15, -0.1) is 0 Å². The lowest BCUT2D eigenvalue weighted by Crippen LogP contribution is -2.34. The summed E-state index contributed by atoms with van der Waals surface area (Å²) in [5.41, 5.74) is 0.750. The van der Waals surface area contributed by atoms with Crippen molar-refractivity contribution in [2.45, 2.75) is 32.2 Å². The Bertz CT molecular complexity index is 483. The quantitative estimate of drug-likeness (QED) is 0.742. The maximum Gasteiger partial charge on any atom is 0.235 e. The topological polar surface area (TPSA) is 49.4 Å². The maximum absolute atomic E-state index is 12.3. The number of nitrogens with one attached hydrogen (secondary N) is 1. The van der Waals surface area contributed by atoms with Crippen molar-refractivity contribution < 1.29 is 8.42 Å². The molecule has 0 spiro atoms. The van der Waals surface area contributed by atoms with Crippen LogP contribution in [0, 0.1) is 0 Å². The molecule has 0 amide bonds. The summed E-state index contributed by atoms with van der Waals surface area (Å²) in [5.74, 6) is 0.204. The number of rotatable bonds is 8. The van der Waals surface area contributed by atoms with E-state index in [9.17, 15) is 8.42 Å². The van der Waals surface area contributed by atoms with Crippen LogP contribution in [-0.2, 0) is 10.0 Å². The molecule has 19 heavy (non-hydrogen) atoms. The van der Waals surface area contributed by atoms with Gasteiger partial charge in [0.25, 0.3) is 0 Å². The number of anilines is 1. The predicted molar refractivity (Wildman–Crippen MR) is 78.9 cm³/mol. The van der Waals surface area contributed by atoms with Crippen molar-refractivity contribution in [3.05, 3.63) is 30.3 Å². The lowest BCUT2D eigenvalue weighted by molar-refractivity contribution is 0.584. The van der Waals surface area contributed by atoms with Gasteiger partial charge in [0.15, 0.2) is 0 Å². The van der Waals surface area contributed by atoms with Crippen molar-refractivity contribution >= 4 is 15.7 Å². The van der Waals surface area contributed by atoms with E-state index in [2.05, 4.69) is 5.32 Å². The lowest BCUT2D eigenvalue weighted by atomic mass is 10.3. The van der Waals surface area contributed by atoms with E-state index in [1.165, 1.54) is 17.1 Å². The second-order valence-electron chi connectivity index (χ2n) is 4.90. The molecule has 0 radical (unpaired) electrons. The zero-order chi connectivity index (χ0) is 13.7. The summed E-state index contributed by atoms with van der Waals surface area (Å²) in [7, 11) is -3.21. The highest BCUT2D eigenvalue weighted by Gasteiger charge is 2.22. The highest BCUT2D eigenvalue weighted by atomic mass is 32.2. The average Bonchev–Trinajstić information content (AvgIpc) is 3.21. The fourth-order valence-corrected chi connectivity index (χ4v) is 3.66. The Hall–Kier alpha value is -1.07. The SMILES string of the molecule is CCN(c1ccccc1)S(=O)(=O)CCCNC1CC1. The van der Waals surface area contributed by atoms with E-state index >= 15 is 0 Å². The smallest absolute Gasteiger partial charge is 0.235 e. The molecule has 0 unspecified atom stereocenters. The third-order valence-electron chi connectivity index (χ3n) is 3.26. The summed E-state index contributed by atoms with van der Waals surface area (Å²) in [6, 6.07) is 9.93. The van der Waals surface area contributed by atoms with Crippen molar-refractivity contribution in [3.8, 4) is 0 Å². The van der Waals surface area contributed by atoms with Crippen LogP contribution in [0.5, 0.6) is 0 Å². The van der Waals surface area contributed by atoms with Gasteiger partial charge < -0.3 is 5.32 Å². The first-order valence-electron chi connectivity index (χ1n) is 6.92. The number of hydrogen-bond acceptors (Lipinski definition) is 3. The first-order chi connectivity index (χ1) is 9.13. The monoisotopic (exact) mass is 282 g/mol. The fraction of sp³-hybridized carbons (Fsp3) is 0.571. The molecule has 1 N–H and O–H groups in total. The Morgan fingerprint density at radius 2 is 1.95 bits per heavy atom. The van der Waals surface area contributed by atoms with Crippen LogP contribution in [0.3, 0.4) is 0 Å². The van der Waals surface area contributed by atoms with E-state index in [4.69, 9.17) is 0 Å². The summed E-state index contributed by atoms with van der Waals surface area (Å²) in [4.78, 5) is 0. The largest absolute Gasteiger partial charge is 0.314 e. The van der Waals surface area contributed by atoms with Gasteiger partial charge in [0.1, 0.15) is 0 Å². The molecule has 0 aromatic heterocycles. The summed E-state index contributed by atoms with van der Waals surface area (Å²) >= 11 is 0. The third-order valence-corrected chi connectivity index (χ3v) is 5.20. The van der Waals surface area contributed by atoms with Gasteiger partial charge in [0.2, 0.25) is 10.0 Å². The third kappa shape index (κ3) is 4.21. The van der Waals surface area contributed by atoms with E-state index in [-0.39, 0.29) is 5.75 Å². The molecule has 1 aliphatic carbocycles. The number of hydrogen-bond donors (Lipinski definition) is 1. The van der Waals surface area contributed by atoms with Crippen molar-refractivity contribution in [1.82, 2.24) is 5.32 Å². The summed E-state index contributed by atoms with van der Waals surface area (Å²) in [6.45, 7) is 3.13. The first-order valence-corrected chi connectivity index (χ1v) is 8.53. The van der Waals surface area contributed by atoms with Crippen LogP contribution in [0.25, 0.3) is 0 Å². The molecule has 2 rings (SSSR count). The molecular weight excluding hydrogens is 260 g/mol. The number of nitrogens with zero attached hydrogens (tertiary/aromatic N) is 1. The van der Waals surface area contributed by atoms with Gasteiger partial charge in [0, 0.05) is 12.6 Å². The highest BCUT2D eigenvalue weighted by molar-refractivity contribution is 7.92. The van der Waals surface area contributed by atoms with E-state index in [1.807, 2.05) is 37.3 Å². The molecule has 1 saturated carbocycles. The van der Waals surface area contributed by atoms with Crippen molar-refractivity contribution in [2.24, 2.45) is 0 Å². The Labute approximate surface area is 115 Å². The molecule has 1 fully saturated rings. The number of benzene rings is 1. The van der Waals surface area contributed by atoms with Crippen LogP contribution < -0.4 is 9.62 Å². The molecule has 1 aliphatic rings. The van der Waals surface area contributed by atoms with Crippen LogP contribution in [0.2, 0.25) is 0 Å². The summed E-state index contributed by atoms with van der Waals surface area (Å²) in [5, 5.41) is 3.34. The minimum Gasteiger partial charge on any atom is -0.314 e. The molecule has 0 atom stereocenters. The van der Waals surface area contributed by atoms with Crippen LogP contribution in [0.1, 0.15) is 26.2 Å². The summed E-state index contributed by atoms with van der Waals surface area (Å²) < 4.78 is 26.1. The normalized spacial score (nSPS) is 15.4. The minimum atomic E-state index is -3.21. The Balaban J connectivity index is 1.91. The Morgan fingerprint density at radius 1 is 1.26 bits per heavy atom. The van der Waals surface area contributed by atoms with Crippen molar-refractivity contribution in [1.29, 1.82) is 0 Å². The zero-order valence-corrected chi connectivity index (χ0v) is 12.2. The van der Waals surface area contributed by atoms with Crippen molar-refractivity contribution in [3.63, 3.8) is 0 Å². The van der Waals surface area contributed by atoms with Gasteiger partial charge in [0.05, 0.1) is 11.4 Å². The first kappa shape index (κ1) is 14.3. The van der Waals surface area contributed by atoms with Crippen molar-refractivity contribution in [2.75, 3.05) is 23.1 Å². The van der Waals surface area contributed by atoms with Gasteiger partial charge in [-0.25, -0.2) is 8.42 Å². The standard InChI is InChI=1S/C14H22N2O2S/c1-2-16(14-7-4-3-5-8-14)19(17,18)12-6-11-15-13-9-10-13/h3-5,7-8,13,15H,2,6,9-12H2,1H3. The molecular formula is C14H22N2O2S. The van der Waals surface area contributed by atoms with Gasteiger partial charge in [-0.1, -0.05) is 18.2 Å². The number of sulfonamides is 1. The van der Waals surface area contributed by atoms with Crippen LogP contribution >= 0.6 is 0 Å². The molecule has 106 valence electrons. The van der Waals surface area contributed by atoms with Gasteiger partial charge in [-0.05, 0) is 44.9 Å². The lowest BCUT2D eigenvalue weighted by Gasteiger charge is -2.22. The average molecular weight is 282 g/mol. The van der Waals surface area contributed by atoms with Gasteiger partial charge in [-0.2, -0.15) is 0 Å². The minimum absolute atomic E-state index is 0.204. The predicted octanol–water partition coefficient (Wildman–Crippen LogP) is 1.98. The van der Waals surface area contributed by atoms with Crippen LogP contribution in [0.4, 0.5) is 5.69 Å². The van der Waals surface area contributed by atoms with Crippen LogP contribution in [0.15, 0.2) is 30.3 Å². The summed E-state index contributed by atoms with van der Waals surface area (Å²) in [6.07, 6.45) is 3.14. The molecule has 0 bridgehead atoms. The van der Waals surface area contributed by atoms with Gasteiger partial charge in [-0.3, -0.25) is 4.31 Å². The molecule has 0 aliphatic heterocycles. The molecule has 4 nitrogen and oxygen atoms in total. The molecule has 0 saturated heterocycles. The molecule has 1 aromatic rings. The van der Waals surface area contributed by atoms with E-state index in [1.54, 1.807) is 0 Å². The highest BCUT2D eigenvalue weighted by Crippen LogP contribution is 2.19. The Kier molecular flexibility index (Phi) is 4.82. The Morgan fingerprint density at radius 3 is 2.53 bits per heavy atom. The van der Waals surface area contributed by atoms with E-state index < -0.39 is 10.0 Å². The molecule has 1 aromatic carbocycles. The zero-order valence-electron chi connectivity index (χ0n) is 11.4. The second-order valence-corrected chi connectivity index (χ2v) is 6.91.